The van der Waals surface area contributed by atoms with Crippen LogP contribution in [0.25, 0.3) is 11.0 Å². The number of imidazole rings is 1. The van der Waals surface area contributed by atoms with Crippen molar-refractivity contribution in [2.75, 3.05) is 26.2 Å². The van der Waals surface area contributed by atoms with Crippen LogP contribution in [0.4, 0.5) is 0 Å². The monoisotopic (exact) mass is 448 g/mol. The van der Waals surface area contributed by atoms with Gasteiger partial charge in [0.15, 0.2) is 0 Å². The minimum absolute atomic E-state index is 0.0401. The Kier molecular flexibility index (Phi) is 6.67. The molecular formula is C26H32N4O3. The van der Waals surface area contributed by atoms with Crippen molar-refractivity contribution in [2.45, 2.75) is 39.7 Å². The molecule has 1 fully saturated rings. The molecule has 1 aliphatic rings. The maximum absolute atomic E-state index is 13.5. The van der Waals surface area contributed by atoms with Crippen LogP contribution in [0.3, 0.4) is 0 Å². The van der Waals surface area contributed by atoms with Crippen LogP contribution in [0.2, 0.25) is 0 Å². The Hall–Kier alpha value is -3.35. The van der Waals surface area contributed by atoms with E-state index < -0.39 is 0 Å². The first kappa shape index (κ1) is 22.8. The summed E-state index contributed by atoms with van der Waals surface area (Å²) in [6.45, 7) is 7.97. The lowest BCUT2D eigenvalue weighted by molar-refractivity contribution is -0.128. The van der Waals surface area contributed by atoms with Gasteiger partial charge in [-0.2, -0.15) is 0 Å². The van der Waals surface area contributed by atoms with Gasteiger partial charge in [0.05, 0.1) is 5.52 Å². The van der Waals surface area contributed by atoms with Gasteiger partial charge in [-0.3, -0.25) is 9.59 Å². The first-order chi connectivity index (χ1) is 15.8. The average molecular weight is 449 g/mol. The van der Waals surface area contributed by atoms with Gasteiger partial charge in [0, 0.05) is 52.1 Å². The smallest absolute Gasteiger partial charge is 0.254 e. The minimum atomic E-state index is -0.0782. The SMILES string of the molecule is CC(=O)N1CCCN(C(=O)c2cc(OC(C)Cc3ccccc3)c3nc(C)n(C)c3c2)CC1. The molecule has 1 unspecified atom stereocenters. The van der Waals surface area contributed by atoms with Crippen LogP contribution in [0.1, 0.15) is 42.0 Å². The van der Waals surface area contributed by atoms with Gasteiger partial charge in [0.25, 0.3) is 5.91 Å². The van der Waals surface area contributed by atoms with Crippen molar-refractivity contribution in [2.24, 2.45) is 7.05 Å². The van der Waals surface area contributed by atoms with Crippen molar-refractivity contribution >= 4 is 22.8 Å². The zero-order valence-electron chi connectivity index (χ0n) is 19.9. The third-order valence-corrected chi connectivity index (χ3v) is 6.34. The van der Waals surface area contributed by atoms with Crippen LogP contribution in [0, 0.1) is 6.92 Å². The van der Waals surface area contributed by atoms with E-state index in [1.54, 1.807) is 11.8 Å². The van der Waals surface area contributed by atoms with E-state index in [4.69, 9.17) is 9.72 Å². The largest absolute Gasteiger partial charge is 0.488 e. The Morgan fingerprint density at radius 2 is 1.76 bits per heavy atom. The third-order valence-electron chi connectivity index (χ3n) is 6.34. The molecule has 7 nitrogen and oxygen atoms in total. The molecule has 2 amide bonds. The maximum Gasteiger partial charge on any atom is 0.254 e. The second kappa shape index (κ2) is 9.65. The Morgan fingerprint density at radius 3 is 2.48 bits per heavy atom. The summed E-state index contributed by atoms with van der Waals surface area (Å²) in [5.74, 6) is 1.51. The lowest BCUT2D eigenvalue weighted by Crippen LogP contribution is -2.36. The predicted molar refractivity (Wildman–Crippen MR) is 128 cm³/mol. The fraction of sp³-hybridized carbons (Fsp3) is 0.423. The number of carbonyl (C=O) groups excluding carboxylic acids is 2. The zero-order valence-corrected chi connectivity index (χ0v) is 19.9. The molecule has 1 aliphatic heterocycles. The Morgan fingerprint density at radius 1 is 1.06 bits per heavy atom. The van der Waals surface area contributed by atoms with E-state index in [0.29, 0.717) is 37.5 Å². The van der Waals surface area contributed by atoms with E-state index in [9.17, 15) is 9.59 Å². The van der Waals surface area contributed by atoms with E-state index >= 15 is 0 Å². The fourth-order valence-electron chi connectivity index (χ4n) is 4.41. The molecule has 33 heavy (non-hydrogen) atoms. The van der Waals surface area contributed by atoms with Crippen LogP contribution in [0.5, 0.6) is 5.75 Å². The lowest BCUT2D eigenvalue weighted by atomic mass is 10.1. The van der Waals surface area contributed by atoms with Crippen LogP contribution < -0.4 is 4.74 Å². The Balaban J connectivity index is 1.61. The number of aromatic nitrogens is 2. The molecule has 0 aliphatic carbocycles. The summed E-state index contributed by atoms with van der Waals surface area (Å²) in [6, 6.07) is 14.0. The fourth-order valence-corrected chi connectivity index (χ4v) is 4.41. The number of carbonyl (C=O) groups is 2. The van der Waals surface area contributed by atoms with E-state index in [1.165, 1.54) is 5.56 Å². The second-order valence-electron chi connectivity index (χ2n) is 8.83. The highest BCUT2D eigenvalue weighted by Gasteiger charge is 2.24. The molecule has 3 aromatic rings. The molecule has 0 saturated carbocycles. The summed E-state index contributed by atoms with van der Waals surface area (Å²) in [5.41, 5.74) is 3.43. The highest BCUT2D eigenvalue weighted by atomic mass is 16.5. The molecule has 0 spiro atoms. The Labute approximate surface area is 195 Å². The molecule has 0 N–H and O–H groups in total. The van der Waals surface area contributed by atoms with Crippen molar-refractivity contribution < 1.29 is 14.3 Å². The van der Waals surface area contributed by atoms with Crippen molar-refractivity contribution in [3.63, 3.8) is 0 Å². The van der Waals surface area contributed by atoms with Gasteiger partial charge < -0.3 is 19.1 Å². The van der Waals surface area contributed by atoms with E-state index in [-0.39, 0.29) is 17.9 Å². The number of fused-ring (bicyclic) bond motifs is 1. The standard InChI is InChI=1S/C26H32N4O3/c1-18(15-21-9-6-5-7-10-21)33-24-17-22(16-23-25(24)27-19(2)28(23)4)26(32)30-12-8-11-29(13-14-30)20(3)31/h5-7,9-10,16-18H,8,11-15H2,1-4H3. The van der Waals surface area contributed by atoms with E-state index in [1.807, 2.05) is 60.7 Å². The summed E-state index contributed by atoms with van der Waals surface area (Å²) in [7, 11) is 1.95. The first-order valence-electron chi connectivity index (χ1n) is 11.6. The summed E-state index contributed by atoms with van der Waals surface area (Å²) in [6.07, 6.45) is 1.46. The number of ether oxygens (including phenoxy) is 1. The highest BCUT2D eigenvalue weighted by molar-refractivity contribution is 5.99. The molecule has 4 rings (SSSR count). The van der Waals surface area contributed by atoms with Gasteiger partial charge in [0.2, 0.25) is 5.91 Å². The first-order valence-corrected chi connectivity index (χ1v) is 11.6. The number of nitrogens with zero attached hydrogens (tertiary/aromatic N) is 4. The Bertz CT molecular complexity index is 1160. The molecule has 7 heteroatoms. The van der Waals surface area contributed by atoms with Gasteiger partial charge in [-0.25, -0.2) is 4.98 Å². The topological polar surface area (TPSA) is 67.7 Å². The van der Waals surface area contributed by atoms with Crippen LogP contribution in [-0.2, 0) is 18.3 Å². The number of benzene rings is 2. The third kappa shape index (κ3) is 5.02. The van der Waals surface area contributed by atoms with Gasteiger partial charge in [-0.1, -0.05) is 30.3 Å². The van der Waals surface area contributed by atoms with E-state index in [2.05, 4.69) is 12.1 Å². The van der Waals surface area contributed by atoms with Crippen LogP contribution in [-0.4, -0.2) is 63.4 Å². The number of rotatable bonds is 5. The molecule has 1 saturated heterocycles. The summed E-state index contributed by atoms with van der Waals surface area (Å²) < 4.78 is 8.34. The minimum Gasteiger partial charge on any atom is -0.488 e. The number of amides is 2. The van der Waals surface area contributed by atoms with Crippen molar-refractivity contribution in [1.82, 2.24) is 19.4 Å². The van der Waals surface area contributed by atoms with Gasteiger partial charge in [0.1, 0.15) is 23.2 Å². The van der Waals surface area contributed by atoms with Crippen molar-refractivity contribution in [1.29, 1.82) is 0 Å². The van der Waals surface area contributed by atoms with Crippen LogP contribution >= 0.6 is 0 Å². The predicted octanol–water partition coefficient (Wildman–Crippen LogP) is 3.59. The molecule has 2 heterocycles. The quantitative estimate of drug-likeness (QED) is 0.598. The maximum atomic E-state index is 13.5. The van der Waals surface area contributed by atoms with Crippen LogP contribution in [0.15, 0.2) is 42.5 Å². The second-order valence-corrected chi connectivity index (χ2v) is 8.83. The summed E-state index contributed by atoms with van der Waals surface area (Å²) in [4.78, 5) is 33.6. The zero-order chi connectivity index (χ0) is 23.5. The lowest BCUT2D eigenvalue weighted by Gasteiger charge is -2.22. The molecule has 1 atom stereocenters. The van der Waals surface area contributed by atoms with E-state index in [0.717, 1.165) is 29.7 Å². The molecule has 1 aromatic heterocycles. The van der Waals surface area contributed by atoms with Gasteiger partial charge in [-0.05, 0) is 38.0 Å². The molecule has 0 bridgehead atoms. The van der Waals surface area contributed by atoms with Crippen molar-refractivity contribution in [3.8, 4) is 5.75 Å². The molecule has 2 aromatic carbocycles. The number of aryl methyl sites for hydroxylation is 2. The normalized spacial score (nSPS) is 15.4. The average Bonchev–Trinajstić information content (AvgIpc) is 2.96. The molecule has 174 valence electrons. The molecule has 0 radical (unpaired) electrons. The summed E-state index contributed by atoms with van der Waals surface area (Å²) >= 11 is 0. The van der Waals surface area contributed by atoms with Gasteiger partial charge >= 0.3 is 0 Å². The number of hydrogen-bond donors (Lipinski definition) is 0. The molecular weight excluding hydrogens is 416 g/mol. The highest BCUT2D eigenvalue weighted by Crippen LogP contribution is 2.30. The summed E-state index contributed by atoms with van der Waals surface area (Å²) in [5, 5.41) is 0. The number of hydrogen-bond acceptors (Lipinski definition) is 4. The van der Waals surface area contributed by atoms with Gasteiger partial charge in [-0.15, -0.1) is 0 Å². The van der Waals surface area contributed by atoms with Crippen molar-refractivity contribution in [3.05, 3.63) is 59.4 Å².